The Kier molecular flexibility index (Phi) is 8.45. The molecule has 0 aliphatic rings. The molecule has 4 nitrogen and oxygen atoms in total. The van der Waals surface area contributed by atoms with Crippen LogP contribution < -0.4 is 16.0 Å². The van der Waals surface area contributed by atoms with Crippen LogP contribution in [0.15, 0.2) is 48.5 Å². The third-order valence-electron chi connectivity index (χ3n) is 4.62. The van der Waals surface area contributed by atoms with Gasteiger partial charge in [0.1, 0.15) is 0 Å². The number of amides is 1. The third kappa shape index (κ3) is 6.97. The van der Waals surface area contributed by atoms with Crippen molar-refractivity contribution in [3.05, 3.63) is 65.2 Å². The number of para-hydroxylation sites is 1. The molecule has 1 unspecified atom stereocenters. The van der Waals surface area contributed by atoms with Crippen molar-refractivity contribution in [1.29, 1.82) is 0 Å². The number of thiocarbonyl (C=S) groups is 1. The maximum Gasteiger partial charge on any atom is 0.227 e. The molecule has 0 spiro atoms. The first-order chi connectivity index (χ1) is 13.4. The molecule has 0 aromatic heterocycles. The minimum Gasteiger partial charge on any atom is -0.361 e. The molecule has 0 heterocycles. The fourth-order valence-electron chi connectivity index (χ4n) is 2.96. The molecule has 150 valence electrons. The quantitative estimate of drug-likeness (QED) is 0.456. The Morgan fingerprint density at radius 3 is 2.25 bits per heavy atom. The summed E-state index contributed by atoms with van der Waals surface area (Å²) >= 11 is 5.31. The number of carbonyl (C=O) groups excluding carboxylic acids is 1. The summed E-state index contributed by atoms with van der Waals surface area (Å²) in [5.41, 5.74) is 4.46. The summed E-state index contributed by atoms with van der Waals surface area (Å²) in [6, 6.07) is 16.3. The molecule has 2 rings (SSSR count). The molecular formula is C23H31N3OS. The maximum atomic E-state index is 12.4. The van der Waals surface area contributed by atoms with Crippen LogP contribution in [-0.2, 0) is 11.2 Å². The molecule has 28 heavy (non-hydrogen) atoms. The molecule has 0 saturated carbocycles. The van der Waals surface area contributed by atoms with Gasteiger partial charge in [0, 0.05) is 18.8 Å². The Bertz CT molecular complexity index is 787. The Morgan fingerprint density at radius 2 is 1.61 bits per heavy atom. The largest absolute Gasteiger partial charge is 0.361 e. The molecule has 0 bridgehead atoms. The topological polar surface area (TPSA) is 53.2 Å². The van der Waals surface area contributed by atoms with Crippen molar-refractivity contribution in [1.82, 2.24) is 10.6 Å². The van der Waals surface area contributed by atoms with Crippen LogP contribution >= 0.6 is 12.2 Å². The second-order valence-corrected chi connectivity index (χ2v) is 7.96. The number of hydrogen-bond donors (Lipinski definition) is 3. The van der Waals surface area contributed by atoms with Gasteiger partial charge in [0.05, 0.1) is 5.92 Å². The zero-order chi connectivity index (χ0) is 20.5. The van der Waals surface area contributed by atoms with Gasteiger partial charge in [-0.15, -0.1) is 0 Å². The molecule has 0 aliphatic carbocycles. The van der Waals surface area contributed by atoms with Crippen molar-refractivity contribution >= 4 is 28.9 Å². The zero-order valence-corrected chi connectivity index (χ0v) is 18.0. The number of anilines is 1. The van der Waals surface area contributed by atoms with E-state index in [1.54, 1.807) is 0 Å². The van der Waals surface area contributed by atoms with Gasteiger partial charge in [-0.25, -0.2) is 0 Å². The molecule has 2 aromatic rings. The van der Waals surface area contributed by atoms with E-state index < -0.39 is 0 Å². The average Bonchev–Trinajstić information content (AvgIpc) is 2.66. The fraction of sp³-hybridized carbons (Fsp3) is 0.391. The molecule has 1 amide bonds. The first-order valence-corrected chi connectivity index (χ1v) is 10.2. The van der Waals surface area contributed by atoms with Crippen LogP contribution in [0, 0.1) is 12.8 Å². The number of rotatable bonds is 8. The minimum atomic E-state index is -0.176. The number of benzene rings is 2. The van der Waals surface area contributed by atoms with E-state index in [0.29, 0.717) is 24.1 Å². The van der Waals surface area contributed by atoms with Crippen LogP contribution in [0.3, 0.4) is 0 Å². The van der Waals surface area contributed by atoms with Crippen LogP contribution in [0.4, 0.5) is 5.69 Å². The Balaban J connectivity index is 1.72. The monoisotopic (exact) mass is 397 g/mol. The minimum absolute atomic E-state index is 0.0243. The number of nitrogens with one attached hydrogen (secondary N) is 3. The van der Waals surface area contributed by atoms with E-state index in [0.717, 1.165) is 23.2 Å². The van der Waals surface area contributed by atoms with Crippen LogP contribution in [0.25, 0.3) is 0 Å². The highest BCUT2D eigenvalue weighted by Gasteiger charge is 2.14. The van der Waals surface area contributed by atoms with Crippen molar-refractivity contribution in [3.8, 4) is 0 Å². The standard InChI is InChI=1S/C23H31N3OS/c1-16(2)15-19-9-11-20(12-10-19)18(4)22(27)24-13-14-25-23(28)26-21-8-6-5-7-17(21)3/h5-12,16,18H,13-15H2,1-4H3,(H,24,27)(H2,25,26,28). The molecule has 5 heteroatoms. The van der Waals surface area contributed by atoms with E-state index in [4.69, 9.17) is 12.2 Å². The average molecular weight is 398 g/mol. The van der Waals surface area contributed by atoms with Crippen molar-refractivity contribution in [2.24, 2.45) is 5.92 Å². The van der Waals surface area contributed by atoms with Crippen LogP contribution in [-0.4, -0.2) is 24.1 Å². The highest BCUT2D eigenvalue weighted by molar-refractivity contribution is 7.80. The summed E-state index contributed by atoms with van der Waals surface area (Å²) in [4.78, 5) is 12.4. The Morgan fingerprint density at radius 1 is 0.964 bits per heavy atom. The van der Waals surface area contributed by atoms with E-state index in [9.17, 15) is 4.79 Å². The van der Waals surface area contributed by atoms with E-state index in [1.165, 1.54) is 5.56 Å². The highest BCUT2D eigenvalue weighted by atomic mass is 32.1. The summed E-state index contributed by atoms with van der Waals surface area (Å²) in [5.74, 6) is 0.479. The first kappa shape index (κ1) is 21.9. The number of hydrogen-bond acceptors (Lipinski definition) is 2. The number of aryl methyl sites for hydroxylation is 1. The van der Waals surface area contributed by atoms with Gasteiger partial charge >= 0.3 is 0 Å². The predicted octanol–water partition coefficient (Wildman–Crippen LogP) is 4.40. The van der Waals surface area contributed by atoms with Gasteiger partial charge in [-0.1, -0.05) is 56.3 Å². The summed E-state index contributed by atoms with van der Waals surface area (Å²) in [6.45, 7) is 9.47. The lowest BCUT2D eigenvalue weighted by Crippen LogP contribution is -2.38. The van der Waals surface area contributed by atoms with Gasteiger partial charge in [0.25, 0.3) is 0 Å². The Labute approximate surface area is 174 Å². The molecule has 0 aliphatic heterocycles. The van der Waals surface area contributed by atoms with E-state index in [2.05, 4.69) is 54.1 Å². The maximum absolute atomic E-state index is 12.4. The molecule has 1 atom stereocenters. The smallest absolute Gasteiger partial charge is 0.227 e. The third-order valence-corrected chi connectivity index (χ3v) is 4.87. The van der Waals surface area contributed by atoms with Crippen LogP contribution in [0.2, 0.25) is 0 Å². The SMILES string of the molecule is Cc1ccccc1NC(=S)NCCNC(=O)C(C)c1ccc(CC(C)C)cc1. The van der Waals surface area contributed by atoms with E-state index in [1.807, 2.05) is 38.1 Å². The first-order valence-electron chi connectivity index (χ1n) is 9.84. The molecule has 3 N–H and O–H groups in total. The van der Waals surface area contributed by atoms with Crippen molar-refractivity contribution in [2.75, 3.05) is 18.4 Å². The van der Waals surface area contributed by atoms with E-state index >= 15 is 0 Å². The second kappa shape index (κ2) is 10.8. The van der Waals surface area contributed by atoms with Gasteiger partial charge in [0.2, 0.25) is 5.91 Å². The van der Waals surface area contributed by atoms with Crippen molar-refractivity contribution < 1.29 is 4.79 Å². The fourth-order valence-corrected chi connectivity index (χ4v) is 3.17. The summed E-state index contributed by atoms with van der Waals surface area (Å²) in [7, 11) is 0. The highest BCUT2D eigenvalue weighted by Crippen LogP contribution is 2.17. The molecule has 0 radical (unpaired) electrons. The van der Waals surface area contributed by atoms with Gasteiger partial charge in [-0.05, 0) is 61.2 Å². The van der Waals surface area contributed by atoms with Crippen molar-refractivity contribution in [3.63, 3.8) is 0 Å². The lowest BCUT2D eigenvalue weighted by atomic mass is 9.96. The second-order valence-electron chi connectivity index (χ2n) is 7.55. The van der Waals surface area contributed by atoms with Gasteiger partial charge < -0.3 is 16.0 Å². The summed E-state index contributed by atoms with van der Waals surface area (Å²) in [5, 5.41) is 9.82. The zero-order valence-electron chi connectivity index (χ0n) is 17.2. The molecular weight excluding hydrogens is 366 g/mol. The van der Waals surface area contributed by atoms with Gasteiger partial charge in [-0.3, -0.25) is 4.79 Å². The van der Waals surface area contributed by atoms with Crippen LogP contribution in [0.5, 0.6) is 0 Å². The predicted molar refractivity (Wildman–Crippen MR) is 122 cm³/mol. The Hall–Kier alpha value is -2.40. The van der Waals surface area contributed by atoms with Gasteiger partial charge in [0.15, 0.2) is 5.11 Å². The molecule has 0 fully saturated rings. The lowest BCUT2D eigenvalue weighted by molar-refractivity contribution is -0.122. The van der Waals surface area contributed by atoms with Crippen LogP contribution in [0.1, 0.15) is 43.4 Å². The molecule has 0 saturated heterocycles. The molecule has 2 aromatic carbocycles. The number of carbonyl (C=O) groups is 1. The van der Waals surface area contributed by atoms with Gasteiger partial charge in [-0.2, -0.15) is 0 Å². The van der Waals surface area contributed by atoms with E-state index in [-0.39, 0.29) is 11.8 Å². The van der Waals surface area contributed by atoms with Crippen molar-refractivity contribution in [2.45, 2.75) is 40.0 Å². The lowest BCUT2D eigenvalue weighted by Gasteiger charge is -2.15. The normalized spacial score (nSPS) is 11.8. The summed E-state index contributed by atoms with van der Waals surface area (Å²) < 4.78 is 0. The summed E-state index contributed by atoms with van der Waals surface area (Å²) in [6.07, 6.45) is 1.06.